The van der Waals surface area contributed by atoms with Crippen molar-refractivity contribution in [1.29, 1.82) is 0 Å². The van der Waals surface area contributed by atoms with Crippen molar-refractivity contribution >= 4 is 22.9 Å². The summed E-state index contributed by atoms with van der Waals surface area (Å²) in [5.41, 5.74) is 9.11. The highest BCUT2D eigenvalue weighted by Gasteiger charge is 2.29. The van der Waals surface area contributed by atoms with E-state index in [4.69, 9.17) is 9.72 Å². The quantitative estimate of drug-likeness (QED) is 0.255. The van der Waals surface area contributed by atoms with Gasteiger partial charge in [-0.25, -0.2) is 4.98 Å². The highest BCUT2D eigenvalue weighted by Crippen LogP contribution is 2.39. The Hall–Kier alpha value is -2.84. The number of aliphatic hydroxyl groups is 1. The molecule has 210 valence electrons. The molecule has 1 unspecified atom stereocenters. The minimum Gasteiger partial charge on any atom is -0.384 e. The molecule has 7 nitrogen and oxygen atoms in total. The molecule has 1 saturated heterocycles. The standard InChI is InChI=1S/C30H38N4O3.C2H6/c1-4-29(36)23(21(17-35)18-37-3)14-28-30-26(16-34(28)2)25(15-32-22-8-10-31-11-9-22)24-12-19-6-5-7-20(19)13-27(24)33-30;1-2/h4,12-14,17,22,29,31-32,36H,1,5-11,15-16,18H2,2-3H3;1-2H3/b23-21-,28-14-;. The van der Waals surface area contributed by atoms with Gasteiger partial charge in [-0.3, -0.25) is 4.79 Å². The monoisotopic (exact) mass is 532 g/mol. The number of rotatable bonds is 9. The minimum absolute atomic E-state index is 0.118. The number of methoxy groups -OCH3 is 1. The van der Waals surface area contributed by atoms with Gasteiger partial charge in [0.15, 0.2) is 0 Å². The molecule has 39 heavy (non-hydrogen) atoms. The Labute approximate surface area is 233 Å². The molecule has 7 heteroatoms. The molecule has 1 aromatic carbocycles. The number of aliphatic hydroxyl groups excluding tert-OH is 1. The maximum absolute atomic E-state index is 11.9. The number of hydrogen-bond donors (Lipinski definition) is 3. The minimum atomic E-state index is -0.981. The number of fused-ring (bicyclic) bond motifs is 3. The van der Waals surface area contributed by atoms with Crippen molar-refractivity contribution in [3.63, 3.8) is 0 Å². The third-order valence-electron chi connectivity index (χ3n) is 8.02. The van der Waals surface area contributed by atoms with Crippen LogP contribution in [0.25, 0.3) is 16.6 Å². The van der Waals surface area contributed by atoms with E-state index in [-0.39, 0.29) is 6.61 Å². The molecule has 0 spiro atoms. The topological polar surface area (TPSA) is 86.7 Å². The third kappa shape index (κ3) is 6.17. The van der Waals surface area contributed by atoms with Gasteiger partial charge < -0.3 is 25.4 Å². The van der Waals surface area contributed by atoms with E-state index >= 15 is 0 Å². The van der Waals surface area contributed by atoms with E-state index in [9.17, 15) is 9.90 Å². The molecular weight excluding hydrogens is 488 g/mol. The molecule has 2 aliphatic heterocycles. The zero-order valence-electron chi connectivity index (χ0n) is 24.0. The highest BCUT2D eigenvalue weighted by molar-refractivity contribution is 5.89. The predicted molar refractivity (Wildman–Crippen MR) is 158 cm³/mol. The normalized spacial score (nSPS) is 19.3. The fraction of sp³-hybridized carbons (Fsp3) is 0.500. The SMILES string of the molecule is C=CC(O)C(/C=C1/c2nc3cc4c(cc3c(CNC3CCNCC3)c2CN1C)CCC4)=C(/C=O)COC.CC. The lowest BCUT2D eigenvalue weighted by atomic mass is 9.96. The molecule has 1 atom stereocenters. The summed E-state index contributed by atoms with van der Waals surface area (Å²) in [6, 6.07) is 5.16. The van der Waals surface area contributed by atoms with E-state index in [0.29, 0.717) is 17.2 Å². The summed E-state index contributed by atoms with van der Waals surface area (Å²) in [5.74, 6) is 0. The van der Waals surface area contributed by atoms with E-state index < -0.39 is 6.10 Å². The van der Waals surface area contributed by atoms with Crippen molar-refractivity contribution in [2.75, 3.05) is 33.9 Å². The second-order valence-corrected chi connectivity index (χ2v) is 10.4. The molecule has 1 fully saturated rings. The fourth-order valence-electron chi connectivity index (χ4n) is 5.96. The molecule has 0 amide bonds. The van der Waals surface area contributed by atoms with Crippen molar-refractivity contribution in [2.24, 2.45) is 0 Å². The third-order valence-corrected chi connectivity index (χ3v) is 8.02. The first-order valence-corrected chi connectivity index (χ1v) is 14.4. The van der Waals surface area contributed by atoms with E-state index in [1.807, 2.05) is 27.0 Å². The molecule has 0 radical (unpaired) electrons. The Morgan fingerprint density at radius 3 is 2.67 bits per heavy atom. The summed E-state index contributed by atoms with van der Waals surface area (Å²) in [6.07, 6.45) is 8.80. The van der Waals surface area contributed by atoms with Gasteiger partial charge in [-0.1, -0.05) is 19.9 Å². The Balaban J connectivity index is 0.00000172. The van der Waals surface area contributed by atoms with Crippen LogP contribution in [0.3, 0.4) is 0 Å². The zero-order valence-corrected chi connectivity index (χ0v) is 24.0. The van der Waals surface area contributed by atoms with E-state index in [1.54, 1.807) is 7.11 Å². The van der Waals surface area contributed by atoms with Crippen LogP contribution < -0.4 is 10.6 Å². The second kappa shape index (κ2) is 13.5. The van der Waals surface area contributed by atoms with Gasteiger partial charge >= 0.3 is 0 Å². The van der Waals surface area contributed by atoms with Gasteiger partial charge in [0.2, 0.25) is 0 Å². The van der Waals surface area contributed by atoms with Crippen LogP contribution in [-0.2, 0) is 35.5 Å². The summed E-state index contributed by atoms with van der Waals surface area (Å²) in [4.78, 5) is 19.2. The number of carbonyl (C=O) groups excluding carboxylic acids is 1. The zero-order chi connectivity index (χ0) is 27.9. The van der Waals surface area contributed by atoms with Gasteiger partial charge in [0.1, 0.15) is 6.29 Å². The largest absolute Gasteiger partial charge is 0.384 e. The number of aromatic nitrogens is 1. The highest BCUT2D eigenvalue weighted by atomic mass is 16.5. The number of aldehydes is 1. The first-order chi connectivity index (χ1) is 19.0. The molecule has 1 aromatic heterocycles. The van der Waals surface area contributed by atoms with Crippen LogP contribution in [0.1, 0.15) is 61.1 Å². The number of aryl methyl sites for hydroxylation is 2. The van der Waals surface area contributed by atoms with Gasteiger partial charge in [-0.2, -0.15) is 0 Å². The molecule has 3 heterocycles. The average Bonchev–Trinajstić information content (AvgIpc) is 3.56. The van der Waals surface area contributed by atoms with E-state index in [1.165, 1.54) is 40.1 Å². The van der Waals surface area contributed by atoms with Gasteiger partial charge in [0.25, 0.3) is 0 Å². The van der Waals surface area contributed by atoms with Crippen molar-refractivity contribution in [2.45, 2.75) is 71.2 Å². The Kier molecular flexibility index (Phi) is 10.1. The van der Waals surface area contributed by atoms with Gasteiger partial charge in [-0.15, -0.1) is 6.58 Å². The molecule has 5 rings (SSSR count). The van der Waals surface area contributed by atoms with Crippen molar-refractivity contribution in [3.8, 4) is 0 Å². The first-order valence-electron chi connectivity index (χ1n) is 14.4. The van der Waals surface area contributed by atoms with Crippen LogP contribution in [-0.4, -0.2) is 67.3 Å². The summed E-state index contributed by atoms with van der Waals surface area (Å²) < 4.78 is 5.23. The van der Waals surface area contributed by atoms with Gasteiger partial charge in [0, 0.05) is 49.8 Å². The van der Waals surface area contributed by atoms with Gasteiger partial charge in [0.05, 0.1) is 29.6 Å². The smallest absolute Gasteiger partial charge is 0.148 e. The Morgan fingerprint density at radius 2 is 2.00 bits per heavy atom. The lowest BCUT2D eigenvalue weighted by Gasteiger charge is -2.24. The average molecular weight is 533 g/mol. The number of benzene rings is 1. The number of nitrogens with zero attached hydrogens (tertiary/aromatic N) is 2. The van der Waals surface area contributed by atoms with Crippen LogP contribution in [0.15, 0.2) is 42.0 Å². The number of carbonyl (C=O) groups is 1. The Morgan fingerprint density at radius 1 is 1.28 bits per heavy atom. The Bertz CT molecular complexity index is 1260. The maximum atomic E-state index is 11.9. The summed E-state index contributed by atoms with van der Waals surface area (Å²) >= 11 is 0. The number of piperidine rings is 1. The van der Waals surface area contributed by atoms with Gasteiger partial charge in [-0.05, 0) is 85.7 Å². The molecule has 3 N–H and O–H groups in total. The molecule has 2 aromatic rings. The number of hydrogen-bond acceptors (Lipinski definition) is 7. The summed E-state index contributed by atoms with van der Waals surface area (Å²) in [7, 11) is 3.58. The molecular formula is C32H44N4O3. The van der Waals surface area contributed by atoms with Crippen LogP contribution in [0, 0.1) is 0 Å². The van der Waals surface area contributed by atoms with Crippen molar-refractivity contribution < 1.29 is 14.6 Å². The number of nitrogens with one attached hydrogen (secondary N) is 2. The molecule has 3 aliphatic rings. The lowest BCUT2D eigenvalue weighted by molar-refractivity contribution is -0.105. The first kappa shape index (κ1) is 29.2. The molecule has 0 saturated carbocycles. The van der Waals surface area contributed by atoms with Crippen molar-refractivity contribution in [3.05, 3.63) is 70.0 Å². The van der Waals surface area contributed by atoms with Crippen LogP contribution in [0.5, 0.6) is 0 Å². The summed E-state index contributed by atoms with van der Waals surface area (Å²) in [5, 5.41) is 19.2. The maximum Gasteiger partial charge on any atom is 0.148 e. The number of ether oxygens (including phenoxy) is 1. The number of pyridine rings is 1. The van der Waals surface area contributed by atoms with E-state index in [0.717, 1.165) is 75.1 Å². The predicted octanol–water partition coefficient (Wildman–Crippen LogP) is 4.07. The molecule has 0 bridgehead atoms. The van der Waals surface area contributed by atoms with Crippen molar-refractivity contribution in [1.82, 2.24) is 20.5 Å². The van der Waals surface area contributed by atoms with Crippen LogP contribution >= 0.6 is 0 Å². The van der Waals surface area contributed by atoms with E-state index in [2.05, 4.69) is 34.2 Å². The fourth-order valence-corrected chi connectivity index (χ4v) is 5.96. The summed E-state index contributed by atoms with van der Waals surface area (Å²) in [6.45, 7) is 11.5. The second-order valence-electron chi connectivity index (χ2n) is 10.4. The lowest BCUT2D eigenvalue weighted by Crippen LogP contribution is -2.39. The van der Waals surface area contributed by atoms with Crippen LogP contribution in [0.4, 0.5) is 0 Å². The van der Waals surface area contributed by atoms with Crippen LogP contribution in [0.2, 0.25) is 0 Å². The molecule has 1 aliphatic carbocycles.